The van der Waals surface area contributed by atoms with Gasteiger partial charge in [0.2, 0.25) is 0 Å². The Balaban J connectivity index is 1.29. The zero-order valence-electron chi connectivity index (χ0n) is 20.2. The van der Waals surface area contributed by atoms with Crippen LogP contribution in [0.1, 0.15) is 38.3 Å². The predicted octanol–water partition coefficient (Wildman–Crippen LogP) is 3.37. The second-order valence-corrected chi connectivity index (χ2v) is 10.2. The van der Waals surface area contributed by atoms with Gasteiger partial charge >= 0.3 is 11.9 Å². The summed E-state index contributed by atoms with van der Waals surface area (Å²) in [6.45, 7) is 0.900. The van der Waals surface area contributed by atoms with Crippen molar-refractivity contribution < 1.29 is 23.8 Å². The Labute approximate surface area is 213 Å². The summed E-state index contributed by atoms with van der Waals surface area (Å²) < 4.78 is 18.5. The molecule has 0 saturated carbocycles. The maximum Gasteiger partial charge on any atom is 0.345 e. The van der Waals surface area contributed by atoms with E-state index >= 15 is 0 Å². The molecule has 1 aromatic carbocycles. The smallest absolute Gasteiger partial charge is 0.345 e. The van der Waals surface area contributed by atoms with E-state index in [0.717, 1.165) is 24.9 Å². The quantitative estimate of drug-likeness (QED) is 0.309. The lowest BCUT2D eigenvalue weighted by Gasteiger charge is -2.56. The summed E-state index contributed by atoms with van der Waals surface area (Å²) in [5.41, 5.74) is 2.67. The molecular formula is C29H25N3O5. The van der Waals surface area contributed by atoms with Gasteiger partial charge in [-0.1, -0.05) is 12.1 Å². The van der Waals surface area contributed by atoms with Crippen molar-refractivity contribution in [2.75, 3.05) is 13.6 Å². The number of ether oxygens (including phenoxy) is 3. The number of benzene rings is 1. The highest BCUT2D eigenvalue weighted by Gasteiger charge is 2.65. The molecule has 186 valence electrons. The summed E-state index contributed by atoms with van der Waals surface area (Å²) in [6.07, 6.45) is 11.1. The van der Waals surface area contributed by atoms with E-state index in [1.165, 1.54) is 18.0 Å². The van der Waals surface area contributed by atoms with E-state index in [2.05, 4.69) is 34.1 Å². The summed E-state index contributed by atoms with van der Waals surface area (Å²) >= 11 is 0. The van der Waals surface area contributed by atoms with Crippen LogP contribution < -0.4 is 9.47 Å². The number of likely N-dealkylation sites (N-methyl/N-ethyl adjacent to an activating group) is 1. The van der Waals surface area contributed by atoms with E-state index in [-0.39, 0.29) is 11.3 Å². The third-order valence-corrected chi connectivity index (χ3v) is 8.36. The number of hydrogen-bond acceptors (Lipinski definition) is 8. The first-order chi connectivity index (χ1) is 18.1. The van der Waals surface area contributed by atoms with Crippen molar-refractivity contribution in [3.63, 3.8) is 0 Å². The van der Waals surface area contributed by atoms with Crippen LogP contribution in [0.5, 0.6) is 11.5 Å². The van der Waals surface area contributed by atoms with Gasteiger partial charge in [-0.3, -0.25) is 9.97 Å². The zero-order valence-corrected chi connectivity index (χ0v) is 20.2. The molecule has 2 aromatic heterocycles. The first-order valence-electron chi connectivity index (χ1n) is 12.5. The molecule has 1 saturated heterocycles. The van der Waals surface area contributed by atoms with Crippen LogP contribution >= 0.6 is 0 Å². The normalized spacial score (nSPS) is 28.7. The minimum Gasteiger partial charge on any atom is -0.481 e. The molecule has 0 N–H and O–H groups in total. The van der Waals surface area contributed by atoms with Gasteiger partial charge in [0.15, 0.2) is 17.6 Å². The predicted molar refractivity (Wildman–Crippen MR) is 133 cm³/mol. The average Bonchev–Trinajstić information content (AvgIpc) is 3.29. The van der Waals surface area contributed by atoms with Crippen LogP contribution in [-0.2, 0) is 16.6 Å². The molecule has 2 unspecified atom stereocenters. The molecule has 3 aromatic rings. The number of rotatable bonds is 4. The number of likely N-dealkylation sites (tertiary alicyclic amines) is 1. The van der Waals surface area contributed by atoms with Crippen molar-refractivity contribution in [3.8, 4) is 11.5 Å². The lowest BCUT2D eigenvalue weighted by molar-refractivity contribution is -0.0555. The van der Waals surface area contributed by atoms with Crippen LogP contribution in [0, 0.1) is 5.92 Å². The Bertz CT molecular complexity index is 1430. The largest absolute Gasteiger partial charge is 0.481 e. The van der Waals surface area contributed by atoms with Gasteiger partial charge in [-0.25, -0.2) is 9.59 Å². The molecule has 37 heavy (non-hydrogen) atoms. The molecule has 1 spiro atoms. The van der Waals surface area contributed by atoms with Crippen molar-refractivity contribution in [1.29, 1.82) is 0 Å². The summed E-state index contributed by atoms with van der Waals surface area (Å²) in [4.78, 5) is 36.4. The Kier molecular flexibility index (Phi) is 4.94. The number of nitrogens with zero attached hydrogens (tertiary/aromatic N) is 3. The van der Waals surface area contributed by atoms with E-state index < -0.39 is 24.1 Å². The van der Waals surface area contributed by atoms with Gasteiger partial charge in [0.25, 0.3) is 0 Å². The minimum absolute atomic E-state index is 0.197. The highest BCUT2D eigenvalue weighted by atomic mass is 16.6. The first-order valence-corrected chi connectivity index (χ1v) is 12.5. The van der Waals surface area contributed by atoms with Crippen molar-refractivity contribution in [3.05, 3.63) is 95.6 Å². The van der Waals surface area contributed by atoms with Gasteiger partial charge in [0.05, 0.1) is 11.1 Å². The molecule has 0 amide bonds. The van der Waals surface area contributed by atoms with Gasteiger partial charge in [-0.05, 0) is 68.4 Å². The van der Waals surface area contributed by atoms with E-state index in [0.29, 0.717) is 28.7 Å². The van der Waals surface area contributed by atoms with Crippen LogP contribution in [0.25, 0.3) is 0 Å². The minimum atomic E-state index is -0.590. The van der Waals surface area contributed by atoms with Crippen LogP contribution in [0.15, 0.2) is 73.3 Å². The van der Waals surface area contributed by atoms with Gasteiger partial charge in [0, 0.05) is 47.7 Å². The SMILES string of the molecule is CN1CC[C@]23c4c5ccc(OC(=O)c6cccnc6)c4OC2C(OC(=O)c2cccnc2)C=C[C@H]3[C@H]1C5. The fourth-order valence-electron chi connectivity index (χ4n) is 6.71. The third-order valence-electron chi connectivity index (χ3n) is 8.36. The van der Waals surface area contributed by atoms with Crippen LogP contribution in [0.2, 0.25) is 0 Å². The molecule has 5 atom stereocenters. The van der Waals surface area contributed by atoms with Crippen molar-refractivity contribution >= 4 is 11.9 Å². The van der Waals surface area contributed by atoms with E-state index in [1.807, 2.05) is 12.1 Å². The molecule has 4 aliphatic rings. The summed E-state index contributed by atoms with van der Waals surface area (Å²) in [6, 6.07) is 10.9. The number of esters is 2. The fourth-order valence-corrected chi connectivity index (χ4v) is 6.71. The van der Waals surface area contributed by atoms with Gasteiger partial charge in [-0.2, -0.15) is 0 Å². The third kappa shape index (κ3) is 3.25. The fraction of sp³-hybridized carbons (Fsp3) is 0.310. The maximum absolute atomic E-state index is 13.0. The number of pyridine rings is 2. The number of carbonyl (C=O) groups excluding carboxylic acids is 2. The second kappa shape index (κ2) is 8.24. The number of piperidine rings is 1. The lowest BCUT2D eigenvalue weighted by Crippen LogP contribution is -2.65. The summed E-state index contributed by atoms with van der Waals surface area (Å²) in [5, 5.41) is 0. The first kappa shape index (κ1) is 22.2. The number of carbonyl (C=O) groups is 2. The van der Waals surface area contributed by atoms with Crippen LogP contribution in [0.3, 0.4) is 0 Å². The molecule has 2 aliphatic carbocycles. The van der Waals surface area contributed by atoms with Crippen molar-refractivity contribution in [1.82, 2.24) is 14.9 Å². The molecule has 7 rings (SSSR count). The van der Waals surface area contributed by atoms with Gasteiger partial charge in [0.1, 0.15) is 6.10 Å². The standard InChI is InChI=1S/C29H25N3O5/c1-32-13-10-29-20-7-9-23(36-28(34)19-5-3-12-31-16-19)26(29)37-25-22(8-6-17(24(25)29)14-21(20)32)35-27(33)18-4-2-11-30-15-18/h2-9,11-12,15-16,20-21,23,26H,10,13-14H2,1H3/t20-,21+,23?,26?,29-/m0/s1. The highest BCUT2D eigenvalue weighted by Crippen LogP contribution is 2.62. The zero-order chi connectivity index (χ0) is 25.1. The molecule has 2 aliphatic heterocycles. The van der Waals surface area contributed by atoms with E-state index in [9.17, 15) is 9.59 Å². The molecule has 2 bridgehead atoms. The van der Waals surface area contributed by atoms with Crippen LogP contribution in [0.4, 0.5) is 0 Å². The van der Waals surface area contributed by atoms with Crippen molar-refractivity contribution in [2.45, 2.75) is 36.5 Å². The number of aromatic nitrogens is 2. The summed E-state index contributed by atoms with van der Waals surface area (Å²) in [7, 11) is 2.17. The topological polar surface area (TPSA) is 90.9 Å². The molecular weight excluding hydrogens is 470 g/mol. The number of hydrogen-bond donors (Lipinski definition) is 0. The molecule has 8 heteroatoms. The van der Waals surface area contributed by atoms with Crippen LogP contribution in [-0.4, -0.2) is 58.6 Å². The second-order valence-electron chi connectivity index (χ2n) is 10.2. The van der Waals surface area contributed by atoms with Gasteiger partial charge < -0.3 is 19.1 Å². The molecule has 4 heterocycles. The molecule has 0 radical (unpaired) electrons. The summed E-state index contributed by atoms with van der Waals surface area (Å²) in [5.74, 6) is 0.221. The Morgan fingerprint density at radius 2 is 1.78 bits per heavy atom. The highest BCUT2D eigenvalue weighted by molar-refractivity contribution is 5.91. The molecule has 8 nitrogen and oxygen atoms in total. The Hall–Kier alpha value is -4.04. The monoisotopic (exact) mass is 495 g/mol. The van der Waals surface area contributed by atoms with Gasteiger partial charge in [-0.15, -0.1) is 0 Å². The Morgan fingerprint density at radius 1 is 1.03 bits per heavy atom. The Morgan fingerprint density at radius 3 is 2.51 bits per heavy atom. The average molecular weight is 496 g/mol. The lowest BCUT2D eigenvalue weighted by atomic mass is 9.53. The maximum atomic E-state index is 13.0. The van der Waals surface area contributed by atoms with Crippen molar-refractivity contribution in [2.24, 2.45) is 5.92 Å². The van der Waals surface area contributed by atoms with E-state index in [4.69, 9.17) is 14.2 Å². The van der Waals surface area contributed by atoms with E-state index in [1.54, 1.807) is 36.7 Å². The molecule has 1 fully saturated rings.